The Hall–Kier alpha value is -0.590. The fraction of sp³-hybridized carbons (Fsp3) is 0.533. The second-order valence-electron chi connectivity index (χ2n) is 9.50. The standard InChI is InChI=1S/C14H20ClNO2.C14H21NO5S.C2H6O3S.2Na/c1-4-12-8-6-7-11(3)14(12)16(10-18-5-2)13(17)9-15;1-4-12-11(8-20-5-2)7-6-10(3)14(12)15-13(16)9-21(17,18)19;1-2-6(3,4)5;;/h6-8H,4-5,9-10H2,1-3H3;6-7H,4-5,8-9H2,1-3H3,(H,15,16)(H,17,18,19);2H2,1H3,(H,3,4,5);;/q;;;2*+1/p-2. The van der Waals surface area contributed by atoms with Crippen LogP contribution in [0.2, 0.25) is 0 Å². The third kappa shape index (κ3) is 20.6. The van der Waals surface area contributed by atoms with Gasteiger partial charge in [0.1, 0.15) is 28.5 Å². The number of alkyl halides is 1. The van der Waals surface area contributed by atoms with Crippen molar-refractivity contribution in [3.63, 3.8) is 0 Å². The first kappa shape index (κ1) is 50.8. The minimum atomic E-state index is -4.59. The molecule has 0 spiro atoms. The molecule has 256 valence electrons. The topological polar surface area (TPSA) is 182 Å². The molecule has 0 bridgehead atoms. The van der Waals surface area contributed by atoms with Crippen molar-refractivity contribution in [1.29, 1.82) is 0 Å². The number of para-hydroxylation sites is 1. The van der Waals surface area contributed by atoms with Crippen LogP contribution in [0.5, 0.6) is 0 Å². The molecule has 0 fully saturated rings. The van der Waals surface area contributed by atoms with Gasteiger partial charge in [-0.3, -0.25) is 14.5 Å². The third-order valence-corrected chi connectivity index (χ3v) is 7.72. The van der Waals surface area contributed by atoms with Gasteiger partial charge in [0.25, 0.3) is 0 Å². The van der Waals surface area contributed by atoms with Gasteiger partial charge in [-0.2, -0.15) is 0 Å². The Morgan fingerprint density at radius 2 is 1.40 bits per heavy atom. The Labute approximate surface area is 329 Å². The number of aryl methyl sites for hydroxylation is 3. The molecule has 47 heavy (non-hydrogen) atoms. The number of ether oxygens (including phenoxy) is 2. The van der Waals surface area contributed by atoms with Crippen LogP contribution in [0.1, 0.15) is 62.4 Å². The zero-order valence-electron chi connectivity index (χ0n) is 29.0. The fourth-order valence-electron chi connectivity index (χ4n) is 3.98. The van der Waals surface area contributed by atoms with Gasteiger partial charge in [0, 0.05) is 24.7 Å². The molecule has 0 radical (unpaired) electrons. The van der Waals surface area contributed by atoms with E-state index in [-0.39, 0.29) is 83.4 Å². The SMILES string of the molecule is CCOCN(C(=O)CCl)c1c(C)cccc1CC.CCOCc1ccc(C)c(NC(=O)CS(=O)(=O)[O-])c1CC.CCS(=O)(=O)[O-].[Na+].[Na+]. The van der Waals surface area contributed by atoms with Gasteiger partial charge in [0.15, 0.2) is 0 Å². The number of halogens is 1. The van der Waals surface area contributed by atoms with E-state index < -0.39 is 31.9 Å². The molecule has 0 atom stereocenters. The van der Waals surface area contributed by atoms with Crippen LogP contribution in [0.25, 0.3) is 0 Å². The quantitative estimate of drug-likeness (QED) is 0.101. The first-order valence-corrected chi connectivity index (χ1v) is 18.1. The van der Waals surface area contributed by atoms with Gasteiger partial charge in [0.2, 0.25) is 11.8 Å². The molecule has 0 saturated heterocycles. The van der Waals surface area contributed by atoms with Gasteiger partial charge >= 0.3 is 59.1 Å². The van der Waals surface area contributed by atoms with Crippen molar-refractivity contribution in [1.82, 2.24) is 0 Å². The summed E-state index contributed by atoms with van der Waals surface area (Å²) in [4.78, 5) is 25.2. The van der Waals surface area contributed by atoms with E-state index in [4.69, 9.17) is 21.1 Å². The van der Waals surface area contributed by atoms with Gasteiger partial charge in [-0.05, 0) is 68.4 Å². The number of benzene rings is 2. The average Bonchev–Trinajstić information content (AvgIpc) is 2.97. The number of hydrogen-bond acceptors (Lipinski definition) is 10. The summed E-state index contributed by atoms with van der Waals surface area (Å²) in [6, 6.07) is 9.78. The van der Waals surface area contributed by atoms with Crippen molar-refractivity contribution in [2.24, 2.45) is 0 Å². The van der Waals surface area contributed by atoms with Crippen LogP contribution in [0.3, 0.4) is 0 Å². The second-order valence-corrected chi connectivity index (χ2v) is 12.9. The van der Waals surface area contributed by atoms with Crippen molar-refractivity contribution >= 4 is 55.0 Å². The number of amides is 2. The Bertz CT molecular complexity index is 1460. The minimum absolute atomic E-state index is 0. The van der Waals surface area contributed by atoms with E-state index in [2.05, 4.69) is 12.2 Å². The minimum Gasteiger partial charge on any atom is -0.748 e. The summed E-state index contributed by atoms with van der Waals surface area (Å²) in [6.07, 6.45) is 1.53. The van der Waals surface area contributed by atoms with Crippen molar-refractivity contribution in [3.8, 4) is 0 Å². The summed E-state index contributed by atoms with van der Waals surface area (Å²) in [6.45, 7) is 14.7. The zero-order chi connectivity index (χ0) is 34.8. The smallest absolute Gasteiger partial charge is 0.748 e. The predicted octanol–water partition coefficient (Wildman–Crippen LogP) is -1.74. The molecule has 0 aliphatic rings. The number of nitrogens with one attached hydrogen (secondary N) is 1. The van der Waals surface area contributed by atoms with Crippen molar-refractivity contribution in [3.05, 3.63) is 58.1 Å². The molecule has 0 aliphatic heterocycles. The summed E-state index contributed by atoms with van der Waals surface area (Å²) in [7, 11) is -8.50. The number of anilines is 2. The predicted molar refractivity (Wildman–Crippen MR) is 175 cm³/mol. The Balaban J connectivity index is -0.000000682. The molecule has 2 rings (SSSR count). The number of hydrogen-bond donors (Lipinski definition) is 1. The molecule has 0 saturated carbocycles. The first-order valence-electron chi connectivity index (χ1n) is 14.4. The van der Waals surface area contributed by atoms with E-state index in [0.29, 0.717) is 31.9 Å². The fourth-order valence-corrected chi connectivity index (χ4v) is 4.51. The molecule has 0 unspecified atom stereocenters. The van der Waals surface area contributed by atoms with E-state index in [1.54, 1.807) is 4.90 Å². The maximum Gasteiger partial charge on any atom is 1.00 e. The molecule has 17 heteroatoms. The normalized spacial score (nSPS) is 10.6. The van der Waals surface area contributed by atoms with E-state index in [1.807, 2.05) is 65.0 Å². The first-order chi connectivity index (χ1) is 21.0. The van der Waals surface area contributed by atoms with E-state index in [9.17, 15) is 35.5 Å². The Morgan fingerprint density at radius 3 is 1.85 bits per heavy atom. The number of carbonyl (C=O) groups is 2. The molecule has 2 amide bonds. The molecule has 2 aromatic rings. The van der Waals surface area contributed by atoms with Crippen LogP contribution >= 0.6 is 11.6 Å². The molecule has 0 heterocycles. The number of nitrogens with zero attached hydrogens (tertiary/aromatic N) is 1. The Morgan fingerprint density at radius 1 is 0.830 bits per heavy atom. The Kier molecular flexibility index (Phi) is 28.4. The monoisotopic (exact) mass is 738 g/mol. The number of carbonyl (C=O) groups excluding carboxylic acids is 2. The van der Waals surface area contributed by atoms with Crippen LogP contribution in [-0.4, -0.2) is 75.1 Å². The van der Waals surface area contributed by atoms with Crippen molar-refractivity contribution in [2.75, 3.05) is 47.5 Å². The van der Waals surface area contributed by atoms with E-state index in [0.717, 1.165) is 39.9 Å². The molecular weight excluding hydrogens is 694 g/mol. The van der Waals surface area contributed by atoms with Gasteiger partial charge < -0.3 is 23.9 Å². The average molecular weight is 739 g/mol. The van der Waals surface area contributed by atoms with E-state index >= 15 is 0 Å². The molecule has 2 aromatic carbocycles. The summed E-state index contributed by atoms with van der Waals surface area (Å²) < 4.78 is 71.0. The third-order valence-electron chi connectivity index (χ3n) is 6.17. The van der Waals surface area contributed by atoms with Crippen molar-refractivity contribution < 1.29 is 104 Å². The zero-order valence-corrected chi connectivity index (χ0v) is 35.4. The van der Waals surface area contributed by atoms with Crippen LogP contribution in [0, 0.1) is 13.8 Å². The van der Waals surface area contributed by atoms with Crippen LogP contribution in [0.15, 0.2) is 30.3 Å². The maximum absolute atomic E-state index is 12.0. The molecule has 0 aliphatic carbocycles. The van der Waals surface area contributed by atoms with E-state index in [1.165, 1.54) is 6.92 Å². The molecule has 0 aromatic heterocycles. The molecule has 1 N–H and O–H groups in total. The molecule has 12 nitrogen and oxygen atoms in total. The summed E-state index contributed by atoms with van der Waals surface area (Å²) in [5, 5.41) is 2.53. The summed E-state index contributed by atoms with van der Waals surface area (Å²) in [5.74, 6) is -2.37. The van der Waals surface area contributed by atoms with Crippen molar-refractivity contribution in [2.45, 2.75) is 67.9 Å². The van der Waals surface area contributed by atoms with Crippen LogP contribution < -0.4 is 69.3 Å². The van der Waals surface area contributed by atoms with Gasteiger partial charge in [0.05, 0.1) is 22.4 Å². The van der Waals surface area contributed by atoms with Crippen LogP contribution in [0.4, 0.5) is 11.4 Å². The maximum atomic E-state index is 12.0. The summed E-state index contributed by atoms with van der Waals surface area (Å²) >= 11 is 5.68. The van der Waals surface area contributed by atoms with Gasteiger partial charge in [-0.15, -0.1) is 11.6 Å². The largest absolute Gasteiger partial charge is 1.00 e. The van der Waals surface area contributed by atoms with Crippen LogP contribution in [-0.2, 0) is 58.7 Å². The van der Waals surface area contributed by atoms with Gasteiger partial charge in [-0.1, -0.05) is 51.1 Å². The number of rotatable bonds is 14. The second kappa shape index (κ2) is 26.3. The summed E-state index contributed by atoms with van der Waals surface area (Å²) in [5.41, 5.74) is 6.32. The molecular formula is C30H45ClN2Na2O10S2. The van der Waals surface area contributed by atoms with Gasteiger partial charge in [-0.25, -0.2) is 16.8 Å².